The molecule has 0 saturated heterocycles. The molecule has 1 rings (SSSR count). The normalized spacial score (nSPS) is 10.4. The van der Waals surface area contributed by atoms with Crippen molar-refractivity contribution in [2.75, 3.05) is 18.4 Å². The number of alkyl halides is 1. The van der Waals surface area contributed by atoms with Crippen LogP contribution >= 0.6 is 15.9 Å². The van der Waals surface area contributed by atoms with Crippen molar-refractivity contribution in [3.05, 3.63) is 23.7 Å². The zero-order chi connectivity index (χ0) is 12.0. The van der Waals surface area contributed by atoms with Crippen molar-refractivity contribution < 1.29 is 9.21 Å². The van der Waals surface area contributed by atoms with Gasteiger partial charge in [-0.15, -0.1) is 0 Å². The second-order valence-corrected chi connectivity index (χ2v) is 4.39. The quantitative estimate of drug-likeness (QED) is 0.754. The summed E-state index contributed by atoms with van der Waals surface area (Å²) in [5.74, 6) is 0.854. The Labute approximate surface area is 105 Å². The van der Waals surface area contributed by atoms with Crippen molar-refractivity contribution in [3.8, 4) is 0 Å². The molecule has 0 spiro atoms. The summed E-state index contributed by atoms with van der Waals surface area (Å²) in [5, 5.41) is 0.804. The first-order chi connectivity index (χ1) is 7.74. The molecule has 0 N–H and O–H groups in total. The van der Waals surface area contributed by atoms with Crippen molar-refractivity contribution in [1.82, 2.24) is 4.90 Å². The Morgan fingerprint density at radius 3 is 2.75 bits per heavy atom. The van der Waals surface area contributed by atoms with E-state index in [1.165, 1.54) is 0 Å². The Balaban J connectivity index is 2.81. The first kappa shape index (κ1) is 13.3. The van der Waals surface area contributed by atoms with Crippen molar-refractivity contribution in [1.29, 1.82) is 0 Å². The van der Waals surface area contributed by atoms with Gasteiger partial charge in [-0.2, -0.15) is 0 Å². The maximum Gasteiger partial charge on any atom is 0.257 e. The lowest BCUT2D eigenvalue weighted by Crippen LogP contribution is -2.33. The highest BCUT2D eigenvalue weighted by Crippen LogP contribution is 2.14. The van der Waals surface area contributed by atoms with Crippen LogP contribution in [0.1, 0.15) is 36.4 Å². The predicted molar refractivity (Wildman–Crippen MR) is 68.1 cm³/mol. The van der Waals surface area contributed by atoms with E-state index in [1.807, 2.05) is 11.8 Å². The van der Waals surface area contributed by atoms with Crippen molar-refractivity contribution in [3.63, 3.8) is 0 Å². The van der Waals surface area contributed by atoms with Crippen LogP contribution in [-0.4, -0.2) is 29.2 Å². The number of hydrogen-bond donors (Lipinski definition) is 0. The van der Waals surface area contributed by atoms with Gasteiger partial charge in [0, 0.05) is 24.8 Å². The highest BCUT2D eigenvalue weighted by Gasteiger charge is 2.18. The van der Waals surface area contributed by atoms with Gasteiger partial charge in [0.25, 0.3) is 5.91 Å². The van der Waals surface area contributed by atoms with Crippen LogP contribution in [-0.2, 0) is 6.42 Å². The molecule has 1 amide bonds. The van der Waals surface area contributed by atoms with E-state index < -0.39 is 0 Å². The summed E-state index contributed by atoms with van der Waals surface area (Å²) < 4.78 is 5.28. The van der Waals surface area contributed by atoms with Gasteiger partial charge in [0.15, 0.2) is 0 Å². The standard InChI is InChI=1S/C12H18BrNO2/c1-3-7-14(8-6-13)12(15)10-5-9-16-11(10)4-2/h5,9H,3-4,6-8H2,1-2H3. The zero-order valence-corrected chi connectivity index (χ0v) is 11.4. The van der Waals surface area contributed by atoms with Gasteiger partial charge in [0.05, 0.1) is 11.8 Å². The maximum atomic E-state index is 12.2. The summed E-state index contributed by atoms with van der Waals surface area (Å²) in [4.78, 5) is 14.1. The molecule has 0 aliphatic rings. The summed E-state index contributed by atoms with van der Waals surface area (Å²) in [6, 6.07) is 1.76. The Morgan fingerprint density at radius 2 is 2.19 bits per heavy atom. The molecular weight excluding hydrogens is 270 g/mol. The fourth-order valence-corrected chi connectivity index (χ4v) is 2.09. The SMILES string of the molecule is CCCN(CCBr)C(=O)c1ccoc1CC. The molecule has 3 nitrogen and oxygen atoms in total. The predicted octanol–water partition coefficient (Wildman–Crippen LogP) is 3.09. The van der Waals surface area contributed by atoms with Gasteiger partial charge >= 0.3 is 0 Å². The molecule has 1 aromatic heterocycles. The highest BCUT2D eigenvalue weighted by molar-refractivity contribution is 9.09. The van der Waals surface area contributed by atoms with Gasteiger partial charge < -0.3 is 9.32 Å². The Hall–Kier alpha value is -0.770. The lowest BCUT2D eigenvalue weighted by atomic mass is 10.2. The van der Waals surface area contributed by atoms with Gasteiger partial charge in [0.1, 0.15) is 5.76 Å². The maximum absolute atomic E-state index is 12.2. The Bertz CT molecular complexity index is 330. The largest absolute Gasteiger partial charge is 0.469 e. The molecule has 0 radical (unpaired) electrons. The summed E-state index contributed by atoms with van der Waals surface area (Å²) in [7, 11) is 0. The molecule has 1 aromatic rings. The number of furan rings is 1. The van der Waals surface area contributed by atoms with Crippen LogP contribution in [0.15, 0.2) is 16.7 Å². The lowest BCUT2D eigenvalue weighted by molar-refractivity contribution is 0.0764. The summed E-state index contributed by atoms with van der Waals surface area (Å²) >= 11 is 3.37. The lowest BCUT2D eigenvalue weighted by Gasteiger charge is -2.20. The Kier molecular flexibility index (Phi) is 5.60. The van der Waals surface area contributed by atoms with E-state index in [2.05, 4.69) is 22.9 Å². The van der Waals surface area contributed by atoms with Gasteiger partial charge in [-0.25, -0.2) is 0 Å². The molecule has 1 heterocycles. The molecule has 16 heavy (non-hydrogen) atoms. The first-order valence-corrected chi connectivity index (χ1v) is 6.78. The average Bonchev–Trinajstić information content (AvgIpc) is 2.75. The van der Waals surface area contributed by atoms with Crippen molar-refractivity contribution in [2.45, 2.75) is 26.7 Å². The number of nitrogens with zero attached hydrogens (tertiary/aromatic N) is 1. The molecule has 0 saturated carbocycles. The molecule has 0 aromatic carbocycles. The van der Waals surface area contributed by atoms with Crippen LogP contribution in [0.3, 0.4) is 0 Å². The summed E-state index contributed by atoms with van der Waals surface area (Å²) in [6.07, 6.45) is 3.31. The van der Waals surface area contributed by atoms with Crippen molar-refractivity contribution in [2.24, 2.45) is 0 Å². The fraction of sp³-hybridized carbons (Fsp3) is 0.583. The van der Waals surface area contributed by atoms with E-state index in [1.54, 1.807) is 12.3 Å². The van der Waals surface area contributed by atoms with Gasteiger partial charge in [-0.05, 0) is 12.5 Å². The number of carbonyl (C=O) groups is 1. The van der Waals surface area contributed by atoms with Gasteiger partial charge in [-0.1, -0.05) is 29.8 Å². The molecule has 0 atom stereocenters. The second kappa shape index (κ2) is 6.74. The molecular formula is C12H18BrNO2. The van der Waals surface area contributed by atoms with Crippen LogP contribution in [0.4, 0.5) is 0 Å². The minimum Gasteiger partial charge on any atom is -0.469 e. The molecule has 0 fully saturated rings. The smallest absolute Gasteiger partial charge is 0.257 e. The van der Waals surface area contributed by atoms with Gasteiger partial charge in [-0.3, -0.25) is 4.79 Å². The summed E-state index contributed by atoms with van der Waals surface area (Å²) in [5.41, 5.74) is 0.705. The third kappa shape index (κ3) is 3.11. The van der Waals surface area contributed by atoms with Crippen LogP contribution in [0.2, 0.25) is 0 Å². The third-order valence-corrected chi connectivity index (χ3v) is 2.79. The molecule has 0 bridgehead atoms. The first-order valence-electron chi connectivity index (χ1n) is 5.66. The number of aryl methyl sites for hydroxylation is 1. The van der Waals surface area contributed by atoms with Crippen LogP contribution in [0.25, 0.3) is 0 Å². The average molecular weight is 288 g/mol. The number of carbonyl (C=O) groups excluding carboxylic acids is 1. The zero-order valence-electron chi connectivity index (χ0n) is 9.83. The second-order valence-electron chi connectivity index (χ2n) is 3.59. The molecule has 0 aliphatic carbocycles. The van der Waals surface area contributed by atoms with Crippen LogP contribution < -0.4 is 0 Å². The number of amides is 1. The van der Waals surface area contributed by atoms with E-state index in [0.29, 0.717) is 5.56 Å². The number of rotatable bonds is 6. The molecule has 0 unspecified atom stereocenters. The third-order valence-electron chi connectivity index (χ3n) is 2.43. The van der Waals surface area contributed by atoms with Crippen LogP contribution in [0, 0.1) is 0 Å². The summed E-state index contributed by atoms with van der Waals surface area (Å²) in [6.45, 7) is 5.59. The van der Waals surface area contributed by atoms with E-state index >= 15 is 0 Å². The van der Waals surface area contributed by atoms with E-state index in [9.17, 15) is 4.79 Å². The van der Waals surface area contributed by atoms with E-state index in [-0.39, 0.29) is 5.91 Å². The molecule has 0 aliphatic heterocycles. The molecule has 90 valence electrons. The minimum atomic E-state index is 0.0758. The van der Waals surface area contributed by atoms with Gasteiger partial charge in [0.2, 0.25) is 0 Å². The van der Waals surface area contributed by atoms with Crippen molar-refractivity contribution >= 4 is 21.8 Å². The number of hydrogen-bond acceptors (Lipinski definition) is 2. The van der Waals surface area contributed by atoms with E-state index in [4.69, 9.17) is 4.42 Å². The minimum absolute atomic E-state index is 0.0758. The Morgan fingerprint density at radius 1 is 1.44 bits per heavy atom. The fourth-order valence-electron chi connectivity index (χ4n) is 1.66. The monoisotopic (exact) mass is 287 g/mol. The van der Waals surface area contributed by atoms with E-state index in [0.717, 1.165) is 37.0 Å². The highest BCUT2D eigenvalue weighted by atomic mass is 79.9. The molecule has 4 heteroatoms. The van der Waals surface area contributed by atoms with Crippen LogP contribution in [0.5, 0.6) is 0 Å². The number of halogens is 1. The topological polar surface area (TPSA) is 33.5 Å².